The van der Waals surface area contributed by atoms with Crippen LogP contribution in [-0.4, -0.2) is 30.3 Å². The second-order valence-electron chi connectivity index (χ2n) is 1.70. The Morgan fingerprint density at radius 3 is 2.20 bits per heavy atom. The maximum Gasteiger partial charge on any atom is 0.274 e. The van der Waals surface area contributed by atoms with Gasteiger partial charge in [0.15, 0.2) is 0 Å². The molecular formula is C4H8O4S2. The lowest BCUT2D eigenvalue weighted by Gasteiger charge is -2.01. The number of hydrogen-bond donors (Lipinski definition) is 2. The van der Waals surface area contributed by atoms with Crippen molar-refractivity contribution in [3.05, 3.63) is 0 Å². The first-order valence-corrected chi connectivity index (χ1v) is 4.68. The van der Waals surface area contributed by atoms with E-state index in [9.17, 15) is 13.2 Å². The molecule has 0 fully saturated rings. The van der Waals surface area contributed by atoms with Crippen LogP contribution in [-0.2, 0) is 14.9 Å². The van der Waals surface area contributed by atoms with E-state index in [1.165, 1.54) is 0 Å². The van der Waals surface area contributed by atoms with E-state index >= 15 is 0 Å². The number of aldehydes is 1. The summed E-state index contributed by atoms with van der Waals surface area (Å²) in [7, 11) is -4.19. The quantitative estimate of drug-likeness (QED) is 0.359. The molecule has 0 spiro atoms. The molecule has 0 aliphatic heterocycles. The van der Waals surface area contributed by atoms with E-state index in [2.05, 4.69) is 12.6 Å². The Bertz CT molecular complexity index is 195. The first kappa shape index (κ1) is 9.93. The van der Waals surface area contributed by atoms with Crippen molar-refractivity contribution in [2.75, 3.05) is 5.75 Å². The zero-order chi connectivity index (χ0) is 8.20. The Balaban J connectivity index is 4.22. The molecule has 1 atom stereocenters. The molecule has 0 heterocycles. The number of thiol groups is 1. The van der Waals surface area contributed by atoms with E-state index in [0.717, 1.165) is 0 Å². The first-order valence-electron chi connectivity index (χ1n) is 2.55. The van der Waals surface area contributed by atoms with Crippen LogP contribution in [0, 0.1) is 0 Å². The molecule has 0 bridgehead atoms. The van der Waals surface area contributed by atoms with Crippen molar-refractivity contribution in [2.24, 2.45) is 0 Å². The predicted molar refractivity (Wildman–Crippen MR) is 39.9 cm³/mol. The zero-order valence-corrected chi connectivity index (χ0v) is 6.81. The van der Waals surface area contributed by atoms with Gasteiger partial charge in [-0.15, -0.1) is 0 Å². The Morgan fingerprint density at radius 1 is 1.60 bits per heavy atom. The molecule has 60 valence electrons. The smallest absolute Gasteiger partial charge is 0.274 e. The largest absolute Gasteiger partial charge is 0.302 e. The predicted octanol–water partition coefficient (Wildman–Crippen LogP) is -0.238. The van der Waals surface area contributed by atoms with Crippen molar-refractivity contribution >= 4 is 29.0 Å². The average molecular weight is 184 g/mol. The number of rotatable bonds is 4. The Kier molecular flexibility index (Phi) is 3.92. The lowest BCUT2D eigenvalue weighted by atomic mass is 10.4. The molecule has 0 aliphatic rings. The number of carbonyl (C=O) groups is 1. The van der Waals surface area contributed by atoms with Gasteiger partial charge in [-0.05, 0) is 12.2 Å². The molecular weight excluding hydrogens is 176 g/mol. The topological polar surface area (TPSA) is 71.4 Å². The van der Waals surface area contributed by atoms with Crippen molar-refractivity contribution in [2.45, 2.75) is 11.7 Å². The third kappa shape index (κ3) is 3.19. The standard InChI is InChI=1S/C4H8O4S2/c5-3-4(1-2-9)10(6,7)8/h3-4,9H,1-2H2,(H,6,7,8). The summed E-state index contributed by atoms with van der Waals surface area (Å²) < 4.78 is 28.8. The van der Waals surface area contributed by atoms with E-state index in [1.807, 2.05) is 0 Å². The monoisotopic (exact) mass is 184 g/mol. The van der Waals surface area contributed by atoms with Gasteiger partial charge in [-0.2, -0.15) is 21.0 Å². The summed E-state index contributed by atoms with van der Waals surface area (Å²) in [4.78, 5) is 9.97. The minimum absolute atomic E-state index is 0.0471. The molecule has 0 aromatic carbocycles. The Hall–Kier alpha value is -0.0700. The van der Waals surface area contributed by atoms with Gasteiger partial charge >= 0.3 is 0 Å². The molecule has 1 unspecified atom stereocenters. The first-order chi connectivity index (χ1) is 4.52. The highest BCUT2D eigenvalue weighted by Crippen LogP contribution is 2.01. The summed E-state index contributed by atoms with van der Waals surface area (Å²) in [5.74, 6) is 0.253. The molecule has 0 amide bonds. The van der Waals surface area contributed by atoms with Gasteiger partial charge in [0.2, 0.25) is 0 Å². The molecule has 0 aliphatic carbocycles. The third-order valence-corrected chi connectivity index (χ3v) is 2.32. The van der Waals surface area contributed by atoms with Crippen LogP contribution >= 0.6 is 12.6 Å². The minimum Gasteiger partial charge on any atom is -0.302 e. The number of hydrogen-bond acceptors (Lipinski definition) is 4. The summed E-state index contributed by atoms with van der Waals surface area (Å²) in [6, 6.07) is 0. The Labute approximate surface area is 64.8 Å². The fourth-order valence-electron chi connectivity index (χ4n) is 0.414. The highest BCUT2D eigenvalue weighted by Gasteiger charge is 2.20. The van der Waals surface area contributed by atoms with E-state index < -0.39 is 15.4 Å². The SMILES string of the molecule is O=CC(CCS)S(=O)(=O)O. The Morgan fingerprint density at radius 2 is 2.10 bits per heavy atom. The van der Waals surface area contributed by atoms with Crippen molar-refractivity contribution in [1.29, 1.82) is 0 Å². The van der Waals surface area contributed by atoms with Gasteiger partial charge in [-0.25, -0.2) is 0 Å². The molecule has 0 radical (unpaired) electrons. The molecule has 6 heteroatoms. The van der Waals surface area contributed by atoms with Crippen molar-refractivity contribution < 1.29 is 17.8 Å². The second kappa shape index (κ2) is 3.95. The molecule has 0 aromatic rings. The van der Waals surface area contributed by atoms with Crippen LogP contribution in [0.3, 0.4) is 0 Å². The summed E-state index contributed by atoms with van der Waals surface area (Å²) >= 11 is 3.71. The fourth-order valence-corrected chi connectivity index (χ4v) is 1.42. The lowest BCUT2D eigenvalue weighted by Crippen LogP contribution is -2.22. The van der Waals surface area contributed by atoms with Gasteiger partial charge in [-0.1, -0.05) is 0 Å². The van der Waals surface area contributed by atoms with Crippen LogP contribution in [0.25, 0.3) is 0 Å². The van der Waals surface area contributed by atoms with Crippen LogP contribution in [0.5, 0.6) is 0 Å². The maximum atomic E-state index is 10.2. The molecule has 1 N–H and O–H groups in total. The number of carbonyl (C=O) groups excluding carboxylic acids is 1. The molecule has 0 saturated carbocycles. The molecule has 0 saturated heterocycles. The fraction of sp³-hybridized carbons (Fsp3) is 0.750. The van der Waals surface area contributed by atoms with Gasteiger partial charge in [0.05, 0.1) is 0 Å². The summed E-state index contributed by atoms with van der Waals surface area (Å²) in [6.07, 6.45) is 0.247. The van der Waals surface area contributed by atoms with Crippen LogP contribution in [0.4, 0.5) is 0 Å². The van der Waals surface area contributed by atoms with E-state index in [0.29, 0.717) is 0 Å². The molecule has 4 nitrogen and oxygen atoms in total. The highest BCUT2D eigenvalue weighted by molar-refractivity contribution is 7.87. The van der Waals surface area contributed by atoms with E-state index in [1.54, 1.807) is 0 Å². The van der Waals surface area contributed by atoms with Gasteiger partial charge in [0, 0.05) is 0 Å². The van der Waals surface area contributed by atoms with Crippen molar-refractivity contribution in [1.82, 2.24) is 0 Å². The lowest BCUT2D eigenvalue weighted by molar-refractivity contribution is -0.107. The highest BCUT2D eigenvalue weighted by atomic mass is 32.2. The summed E-state index contributed by atoms with van der Waals surface area (Å²) in [6.45, 7) is 0. The summed E-state index contributed by atoms with van der Waals surface area (Å²) in [5.41, 5.74) is 0. The van der Waals surface area contributed by atoms with Crippen LogP contribution in [0.2, 0.25) is 0 Å². The van der Waals surface area contributed by atoms with E-state index in [-0.39, 0.29) is 18.5 Å². The molecule has 0 aromatic heterocycles. The van der Waals surface area contributed by atoms with Crippen molar-refractivity contribution in [3.63, 3.8) is 0 Å². The molecule has 0 rings (SSSR count). The van der Waals surface area contributed by atoms with Gasteiger partial charge in [-0.3, -0.25) is 4.55 Å². The van der Waals surface area contributed by atoms with Crippen LogP contribution in [0.15, 0.2) is 0 Å². The second-order valence-corrected chi connectivity index (χ2v) is 3.78. The van der Waals surface area contributed by atoms with Gasteiger partial charge in [0.1, 0.15) is 11.5 Å². The van der Waals surface area contributed by atoms with Crippen molar-refractivity contribution in [3.8, 4) is 0 Å². The maximum absolute atomic E-state index is 10.2. The van der Waals surface area contributed by atoms with Crippen LogP contribution < -0.4 is 0 Å². The average Bonchev–Trinajstić information content (AvgIpc) is 1.80. The zero-order valence-electron chi connectivity index (χ0n) is 5.10. The minimum atomic E-state index is -4.19. The third-order valence-electron chi connectivity index (χ3n) is 0.948. The summed E-state index contributed by atoms with van der Waals surface area (Å²) in [5, 5.41) is -1.31. The van der Waals surface area contributed by atoms with E-state index in [4.69, 9.17) is 4.55 Å². The van der Waals surface area contributed by atoms with Gasteiger partial charge < -0.3 is 4.79 Å². The normalized spacial score (nSPS) is 14.6. The van der Waals surface area contributed by atoms with Crippen LogP contribution in [0.1, 0.15) is 6.42 Å². The molecule has 10 heavy (non-hydrogen) atoms. The van der Waals surface area contributed by atoms with Gasteiger partial charge in [0.25, 0.3) is 10.1 Å².